The maximum atomic E-state index is 12.6. The van der Waals surface area contributed by atoms with E-state index in [4.69, 9.17) is 14.2 Å². The van der Waals surface area contributed by atoms with Gasteiger partial charge in [-0.25, -0.2) is 8.42 Å². The van der Waals surface area contributed by atoms with Crippen molar-refractivity contribution in [2.75, 3.05) is 36.1 Å². The van der Waals surface area contributed by atoms with Crippen LogP contribution in [-0.2, 0) is 14.8 Å². The molecule has 0 aliphatic carbocycles. The summed E-state index contributed by atoms with van der Waals surface area (Å²) in [5, 5.41) is 0. The molecule has 2 aliphatic rings. The minimum absolute atomic E-state index is 0.105. The molecule has 7 nitrogen and oxygen atoms in total. The molecule has 2 aliphatic heterocycles. The van der Waals surface area contributed by atoms with Gasteiger partial charge in [-0.3, -0.25) is 4.72 Å². The van der Waals surface area contributed by atoms with Crippen molar-refractivity contribution in [3.8, 4) is 11.5 Å². The summed E-state index contributed by atoms with van der Waals surface area (Å²) >= 11 is 0. The van der Waals surface area contributed by atoms with Gasteiger partial charge in [0.25, 0.3) is 10.0 Å². The molecule has 1 fully saturated rings. The summed E-state index contributed by atoms with van der Waals surface area (Å²) in [5.41, 5.74) is 1.55. The first kappa shape index (κ1) is 17.0. The molecule has 4 rings (SSSR count). The van der Waals surface area contributed by atoms with E-state index in [1.807, 2.05) is 19.1 Å². The van der Waals surface area contributed by atoms with E-state index in [0.717, 1.165) is 18.8 Å². The van der Waals surface area contributed by atoms with Crippen LogP contribution >= 0.6 is 0 Å². The van der Waals surface area contributed by atoms with E-state index in [0.29, 0.717) is 23.8 Å². The molecule has 0 aromatic heterocycles. The lowest BCUT2D eigenvalue weighted by Gasteiger charge is -2.33. The van der Waals surface area contributed by atoms with Gasteiger partial charge < -0.3 is 19.1 Å². The van der Waals surface area contributed by atoms with Crippen molar-refractivity contribution in [2.45, 2.75) is 17.9 Å². The number of rotatable bonds is 4. The number of hydrogen-bond acceptors (Lipinski definition) is 6. The van der Waals surface area contributed by atoms with Crippen molar-refractivity contribution < 1.29 is 22.6 Å². The lowest BCUT2D eigenvalue weighted by Crippen LogP contribution is -2.41. The standard InChI is InChI=1S/C18H20N2O5S/c1-13-11-20(8-9-23-13)15-4-2-14(3-5-15)19-26(21,22)16-6-7-17-18(10-16)25-12-24-17/h2-7,10,13,19H,8-9,11-12H2,1H3. The number of ether oxygens (including phenoxy) is 3. The molecule has 0 spiro atoms. The molecule has 8 heteroatoms. The Morgan fingerprint density at radius 2 is 1.85 bits per heavy atom. The third kappa shape index (κ3) is 3.42. The molecular weight excluding hydrogens is 356 g/mol. The van der Waals surface area contributed by atoms with Crippen molar-refractivity contribution in [3.05, 3.63) is 42.5 Å². The van der Waals surface area contributed by atoms with Crippen LogP contribution in [0.1, 0.15) is 6.92 Å². The Labute approximate surface area is 152 Å². The Morgan fingerprint density at radius 1 is 1.08 bits per heavy atom. The van der Waals surface area contributed by atoms with Crippen LogP contribution in [0.2, 0.25) is 0 Å². The lowest BCUT2D eigenvalue weighted by molar-refractivity contribution is 0.0532. The van der Waals surface area contributed by atoms with Crippen molar-refractivity contribution in [2.24, 2.45) is 0 Å². The Hall–Kier alpha value is -2.45. The number of hydrogen-bond donors (Lipinski definition) is 1. The number of sulfonamides is 1. The van der Waals surface area contributed by atoms with Gasteiger partial charge >= 0.3 is 0 Å². The van der Waals surface area contributed by atoms with Gasteiger partial charge in [-0.2, -0.15) is 0 Å². The molecule has 0 bridgehead atoms. The molecular formula is C18H20N2O5S. The number of benzene rings is 2. The summed E-state index contributed by atoms with van der Waals surface area (Å²) in [6, 6.07) is 11.9. The fraction of sp³-hybridized carbons (Fsp3) is 0.333. The van der Waals surface area contributed by atoms with Gasteiger partial charge in [-0.05, 0) is 43.3 Å². The first-order valence-electron chi connectivity index (χ1n) is 8.40. The minimum Gasteiger partial charge on any atom is -0.454 e. The summed E-state index contributed by atoms with van der Waals surface area (Å²) in [4.78, 5) is 2.36. The molecule has 2 aromatic rings. The maximum absolute atomic E-state index is 12.6. The summed E-state index contributed by atoms with van der Waals surface area (Å²) in [6.45, 7) is 4.49. The minimum atomic E-state index is -3.70. The van der Waals surface area contributed by atoms with Crippen LogP contribution in [0.3, 0.4) is 0 Å². The van der Waals surface area contributed by atoms with Crippen molar-refractivity contribution in [1.29, 1.82) is 0 Å². The molecule has 0 amide bonds. The van der Waals surface area contributed by atoms with E-state index >= 15 is 0 Å². The summed E-state index contributed by atoms with van der Waals surface area (Å²) in [7, 11) is -3.70. The topological polar surface area (TPSA) is 77.1 Å². The van der Waals surface area contributed by atoms with E-state index in [9.17, 15) is 8.42 Å². The lowest BCUT2D eigenvalue weighted by atomic mass is 10.2. The number of nitrogens with zero attached hydrogens (tertiary/aromatic N) is 1. The third-order valence-electron chi connectivity index (χ3n) is 4.38. The van der Waals surface area contributed by atoms with E-state index in [-0.39, 0.29) is 17.8 Å². The van der Waals surface area contributed by atoms with Crippen LogP contribution in [0.4, 0.5) is 11.4 Å². The first-order chi connectivity index (χ1) is 12.5. The number of morpholine rings is 1. The Kier molecular flexibility index (Phi) is 4.37. The predicted octanol–water partition coefficient (Wildman–Crippen LogP) is 2.44. The van der Waals surface area contributed by atoms with E-state index in [1.54, 1.807) is 18.2 Å². The highest BCUT2D eigenvalue weighted by Gasteiger charge is 2.21. The summed E-state index contributed by atoms with van der Waals surface area (Å²) in [6.07, 6.45) is 0.188. The molecule has 1 unspecified atom stereocenters. The van der Waals surface area contributed by atoms with Crippen LogP contribution in [0.15, 0.2) is 47.4 Å². The average Bonchev–Trinajstić information content (AvgIpc) is 3.10. The van der Waals surface area contributed by atoms with Gasteiger partial charge in [-0.15, -0.1) is 0 Å². The molecule has 0 saturated carbocycles. The highest BCUT2D eigenvalue weighted by molar-refractivity contribution is 7.92. The fourth-order valence-electron chi connectivity index (χ4n) is 3.05. The maximum Gasteiger partial charge on any atom is 0.262 e. The Bertz CT molecular complexity index is 898. The summed E-state index contributed by atoms with van der Waals surface area (Å²) < 4.78 is 43.8. The molecule has 138 valence electrons. The van der Waals surface area contributed by atoms with Crippen molar-refractivity contribution in [3.63, 3.8) is 0 Å². The van der Waals surface area contributed by atoms with Gasteiger partial charge in [0, 0.05) is 30.5 Å². The second-order valence-electron chi connectivity index (χ2n) is 6.29. The molecule has 1 saturated heterocycles. The third-order valence-corrected chi connectivity index (χ3v) is 5.76. The second kappa shape index (κ2) is 6.69. The van der Waals surface area contributed by atoms with Gasteiger partial charge in [0.1, 0.15) is 0 Å². The highest BCUT2D eigenvalue weighted by atomic mass is 32.2. The van der Waals surface area contributed by atoms with Crippen molar-refractivity contribution in [1.82, 2.24) is 0 Å². The first-order valence-corrected chi connectivity index (χ1v) is 9.89. The second-order valence-corrected chi connectivity index (χ2v) is 7.98. The van der Waals surface area contributed by atoms with Crippen LogP contribution in [0.5, 0.6) is 11.5 Å². The van der Waals surface area contributed by atoms with Gasteiger partial charge in [0.2, 0.25) is 6.79 Å². The van der Waals surface area contributed by atoms with E-state index in [2.05, 4.69) is 9.62 Å². The van der Waals surface area contributed by atoms with Gasteiger partial charge in [0.15, 0.2) is 11.5 Å². The van der Waals surface area contributed by atoms with Crippen LogP contribution < -0.4 is 19.1 Å². The average molecular weight is 376 g/mol. The quantitative estimate of drug-likeness (QED) is 0.883. The predicted molar refractivity (Wildman–Crippen MR) is 97.4 cm³/mol. The number of nitrogens with one attached hydrogen (secondary N) is 1. The zero-order valence-corrected chi connectivity index (χ0v) is 15.2. The molecule has 1 N–H and O–H groups in total. The molecule has 2 aromatic carbocycles. The van der Waals surface area contributed by atoms with Crippen LogP contribution in [-0.4, -0.2) is 41.0 Å². The number of anilines is 2. The summed E-state index contributed by atoms with van der Waals surface area (Å²) in [5.74, 6) is 0.984. The smallest absolute Gasteiger partial charge is 0.262 e. The Balaban J connectivity index is 1.49. The molecule has 2 heterocycles. The molecule has 26 heavy (non-hydrogen) atoms. The number of fused-ring (bicyclic) bond motifs is 1. The van der Waals surface area contributed by atoms with Gasteiger partial charge in [0.05, 0.1) is 17.6 Å². The normalized spacial score (nSPS) is 19.4. The SMILES string of the molecule is CC1CN(c2ccc(NS(=O)(=O)c3ccc4c(c3)OCO4)cc2)CCO1. The van der Waals surface area contributed by atoms with Crippen LogP contribution in [0, 0.1) is 0 Å². The monoisotopic (exact) mass is 376 g/mol. The zero-order chi connectivity index (χ0) is 18.1. The van der Waals surface area contributed by atoms with Crippen molar-refractivity contribution >= 4 is 21.4 Å². The largest absolute Gasteiger partial charge is 0.454 e. The molecule has 0 radical (unpaired) electrons. The molecule has 1 atom stereocenters. The Morgan fingerprint density at radius 3 is 2.62 bits per heavy atom. The van der Waals surface area contributed by atoms with E-state index in [1.165, 1.54) is 12.1 Å². The van der Waals surface area contributed by atoms with E-state index < -0.39 is 10.0 Å². The highest BCUT2D eigenvalue weighted by Crippen LogP contribution is 2.34. The fourth-order valence-corrected chi connectivity index (χ4v) is 4.12. The van der Waals surface area contributed by atoms with Gasteiger partial charge in [-0.1, -0.05) is 0 Å². The van der Waals surface area contributed by atoms with Crippen LogP contribution in [0.25, 0.3) is 0 Å². The zero-order valence-electron chi connectivity index (χ0n) is 14.3.